The van der Waals surface area contributed by atoms with Crippen LogP contribution in [0.25, 0.3) is 0 Å². The van der Waals surface area contributed by atoms with Gasteiger partial charge in [0, 0.05) is 13.2 Å². The molecule has 2 nitrogen and oxygen atoms in total. The Hall–Kier alpha value is -0.500. The second-order valence-electron chi connectivity index (χ2n) is 12.8. The van der Waals surface area contributed by atoms with Gasteiger partial charge in [0.25, 0.3) is 0 Å². The van der Waals surface area contributed by atoms with E-state index < -0.39 is 0 Å². The van der Waals surface area contributed by atoms with Crippen molar-refractivity contribution in [2.75, 3.05) is 19.8 Å². The molecule has 0 spiro atoms. The summed E-state index contributed by atoms with van der Waals surface area (Å²) >= 11 is 0. The minimum absolute atomic E-state index is 0.726. The van der Waals surface area contributed by atoms with Crippen molar-refractivity contribution < 1.29 is 9.47 Å². The molecule has 0 N–H and O–H groups in total. The van der Waals surface area contributed by atoms with E-state index in [2.05, 4.69) is 25.2 Å². The van der Waals surface area contributed by atoms with Crippen LogP contribution < -0.4 is 0 Å². The molecule has 0 amide bonds. The molecule has 0 unspecified atom stereocenters. The first-order chi connectivity index (χ1) is 20.8. The second kappa shape index (κ2) is 44.9. The Morgan fingerprint density at radius 1 is 0.333 bits per heavy atom. The average Bonchev–Trinajstić information content (AvgIpc) is 3.00. The fourth-order valence-corrected chi connectivity index (χ4v) is 5.72. The Morgan fingerprint density at radius 2 is 0.548 bits per heavy atom. The largest absolute Gasteiger partial charge is 0.502 e. The Bertz CT molecular complexity index is 401. The lowest BCUT2D eigenvalue weighted by Gasteiger charge is -2.06. The number of hydrogen-bond donors (Lipinski definition) is 0. The zero-order valence-corrected chi connectivity index (χ0v) is 29.8. The van der Waals surface area contributed by atoms with Gasteiger partial charge in [0.2, 0.25) is 0 Å². The highest BCUT2D eigenvalue weighted by Crippen LogP contribution is 2.15. The Morgan fingerprint density at radius 3 is 0.714 bits per heavy atom. The van der Waals surface area contributed by atoms with Crippen LogP contribution in [0.15, 0.2) is 12.8 Å². The molecule has 0 rings (SSSR count). The molecule has 2 heteroatoms. The lowest BCUT2D eigenvalue weighted by Crippen LogP contribution is -1.97. The van der Waals surface area contributed by atoms with Gasteiger partial charge in [0.15, 0.2) is 0 Å². The molecule has 0 aromatic heterocycles. The van der Waals surface area contributed by atoms with Crippen LogP contribution in [0.2, 0.25) is 0 Å². The lowest BCUT2D eigenvalue weighted by atomic mass is 10.0. The van der Waals surface area contributed by atoms with Crippen molar-refractivity contribution in [2.24, 2.45) is 0 Å². The van der Waals surface area contributed by atoms with E-state index >= 15 is 0 Å². The van der Waals surface area contributed by atoms with Gasteiger partial charge in [-0.25, -0.2) is 0 Å². The van der Waals surface area contributed by atoms with E-state index in [0.717, 1.165) is 19.8 Å². The molecule has 0 saturated heterocycles. The normalized spacial score (nSPS) is 10.9. The zero-order chi connectivity index (χ0) is 30.9. The molecule has 42 heavy (non-hydrogen) atoms. The molecule has 0 aromatic rings. The monoisotopic (exact) mass is 595 g/mol. The van der Waals surface area contributed by atoms with Crippen molar-refractivity contribution in [3.63, 3.8) is 0 Å². The van der Waals surface area contributed by atoms with Crippen LogP contribution in [0.3, 0.4) is 0 Å². The summed E-state index contributed by atoms with van der Waals surface area (Å²) in [4.78, 5) is 0. The first-order valence-electron chi connectivity index (χ1n) is 19.6. The van der Waals surface area contributed by atoms with Crippen molar-refractivity contribution in [3.05, 3.63) is 12.8 Å². The summed E-state index contributed by atoms with van der Waals surface area (Å²) in [6.45, 7) is 12.6. The summed E-state index contributed by atoms with van der Waals surface area (Å²) in [7, 11) is 0. The van der Waals surface area contributed by atoms with Gasteiger partial charge in [-0.05, 0) is 19.8 Å². The molecule has 0 atom stereocenters. The van der Waals surface area contributed by atoms with Gasteiger partial charge in [-0.3, -0.25) is 0 Å². The number of rotatable bonds is 36. The summed E-state index contributed by atoms with van der Waals surface area (Å²) in [5.74, 6) is 0. The van der Waals surface area contributed by atoms with Gasteiger partial charge in [-0.15, -0.1) is 0 Å². The Labute approximate surface area is 268 Å². The lowest BCUT2D eigenvalue weighted by molar-refractivity contribution is 0.125. The molecule has 254 valence electrons. The van der Waals surface area contributed by atoms with Crippen molar-refractivity contribution in [1.82, 2.24) is 0 Å². The molecule has 0 aromatic carbocycles. The van der Waals surface area contributed by atoms with E-state index in [1.54, 1.807) is 0 Å². The van der Waals surface area contributed by atoms with Gasteiger partial charge in [0.05, 0.1) is 12.9 Å². The summed E-state index contributed by atoms with van der Waals surface area (Å²) in [6.07, 6.45) is 47.5. The molecule has 0 bridgehead atoms. The van der Waals surface area contributed by atoms with Gasteiger partial charge < -0.3 is 9.47 Å². The molecular weight excluding hydrogens is 512 g/mol. The van der Waals surface area contributed by atoms with Crippen LogP contribution >= 0.6 is 0 Å². The molecule has 0 fully saturated rings. The van der Waals surface area contributed by atoms with Crippen molar-refractivity contribution in [1.29, 1.82) is 0 Å². The van der Waals surface area contributed by atoms with Crippen LogP contribution in [-0.2, 0) is 9.47 Å². The van der Waals surface area contributed by atoms with E-state index in [9.17, 15) is 0 Å². The minimum atomic E-state index is 0.726. The number of unbranched alkanes of at least 4 members (excludes halogenated alkanes) is 30. The quantitative estimate of drug-likeness (QED) is 0.0530. The summed E-state index contributed by atoms with van der Waals surface area (Å²) < 4.78 is 10.5. The van der Waals surface area contributed by atoms with Gasteiger partial charge in [0.1, 0.15) is 0 Å². The summed E-state index contributed by atoms with van der Waals surface area (Å²) in [5.41, 5.74) is 0. The first-order valence-corrected chi connectivity index (χ1v) is 19.6. The number of ether oxygens (including phenoxy) is 2. The van der Waals surface area contributed by atoms with Crippen LogP contribution in [0.5, 0.6) is 0 Å². The third-order valence-electron chi connectivity index (χ3n) is 8.57. The van der Waals surface area contributed by atoms with E-state index in [1.807, 2.05) is 6.92 Å². The fourth-order valence-electron chi connectivity index (χ4n) is 5.72. The molecular formula is C40H82O2. The molecule has 0 radical (unpaired) electrons. The van der Waals surface area contributed by atoms with Crippen molar-refractivity contribution in [2.45, 2.75) is 226 Å². The minimum Gasteiger partial charge on any atom is -0.502 e. The highest BCUT2D eigenvalue weighted by molar-refractivity contribution is 4.52. The summed E-state index contributed by atoms with van der Waals surface area (Å²) in [6, 6.07) is 0. The topological polar surface area (TPSA) is 18.5 Å². The highest BCUT2D eigenvalue weighted by Gasteiger charge is 1.97. The summed E-state index contributed by atoms with van der Waals surface area (Å²) in [5, 5.41) is 0. The van der Waals surface area contributed by atoms with Crippen molar-refractivity contribution in [3.8, 4) is 0 Å². The third-order valence-corrected chi connectivity index (χ3v) is 8.57. The van der Waals surface area contributed by atoms with Crippen LogP contribution in [0, 0.1) is 0 Å². The third kappa shape index (κ3) is 46.5. The standard InChI is InChI=1S/C36H74O.C4H8O/c1-3-5-7-9-11-13-15-17-19-21-23-25-27-29-31-33-35-37-36-34-32-30-28-26-24-22-20-18-16-14-12-10-8-6-4-2;1-3-5-4-2/h3-36H2,1-2H3;3H,1,4H2,2H3. The van der Waals surface area contributed by atoms with Crippen LogP contribution in [0.1, 0.15) is 226 Å². The Balaban J connectivity index is 0. The predicted octanol–water partition coefficient (Wildman–Crippen LogP) is 14.7. The van der Waals surface area contributed by atoms with E-state index in [1.165, 1.54) is 212 Å². The smallest absolute Gasteiger partial charge is 0.0844 e. The SMILES string of the molecule is C=COCC.CCCCCCCCCCCCCCCCCCOCCCCCCCCCCCCCCCCCC. The predicted molar refractivity (Wildman–Crippen MR) is 192 cm³/mol. The van der Waals surface area contributed by atoms with Gasteiger partial charge in [-0.1, -0.05) is 213 Å². The first kappa shape index (κ1) is 43.6. The molecule has 0 aliphatic carbocycles. The van der Waals surface area contributed by atoms with Gasteiger partial charge in [-0.2, -0.15) is 0 Å². The Kier molecular flexibility index (Phi) is 46.7. The van der Waals surface area contributed by atoms with E-state index in [4.69, 9.17) is 4.74 Å². The maximum atomic E-state index is 5.87. The molecule has 0 aliphatic heterocycles. The second-order valence-corrected chi connectivity index (χ2v) is 12.8. The maximum Gasteiger partial charge on any atom is 0.0844 e. The fraction of sp³-hybridized carbons (Fsp3) is 0.950. The highest BCUT2D eigenvalue weighted by atomic mass is 16.5. The number of hydrogen-bond acceptors (Lipinski definition) is 2. The van der Waals surface area contributed by atoms with E-state index in [-0.39, 0.29) is 0 Å². The molecule has 0 saturated carbocycles. The molecule has 0 aliphatic rings. The maximum absolute atomic E-state index is 5.87. The van der Waals surface area contributed by atoms with Crippen molar-refractivity contribution >= 4 is 0 Å². The van der Waals surface area contributed by atoms with Gasteiger partial charge >= 0.3 is 0 Å². The molecule has 0 heterocycles. The van der Waals surface area contributed by atoms with E-state index in [0.29, 0.717) is 0 Å². The van der Waals surface area contributed by atoms with Crippen LogP contribution in [-0.4, -0.2) is 19.8 Å². The average molecular weight is 595 g/mol. The van der Waals surface area contributed by atoms with Crippen LogP contribution in [0.4, 0.5) is 0 Å². The zero-order valence-electron chi connectivity index (χ0n) is 29.8.